The Kier molecular flexibility index (Phi) is 4.29. The van der Waals surface area contributed by atoms with E-state index in [2.05, 4.69) is 25.0 Å². The van der Waals surface area contributed by atoms with Gasteiger partial charge < -0.3 is 9.88 Å². The number of pyridine rings is 1. The lowest BCUT2D eigenvalue weighted by Gasteiger charge is -2.34. The molecule has 4 aromatic rings. The van der Waals surface area contributed by atoms with Crippen molar-refractivity contribution in [1.29, 1.82) is 0 Å². The van der Waals surface area contributed by atoms with Gasteiger partial charge in [-0.05, 0) is 31.0 Å². The highest BCUT2D eigenvalue weighted by Crippen LogP contribution is 2.38. The number of halogens is 3. The summed E-state index contributed by atoms with van der Waals surface area (Å²) in [6.07, 6.45) is 3.97. The van der Waals surface area contributed by atoms with Crippen LogP contribution in [0.25, 0.3) is 5.52 Å². The van der Waals surface area contributed by atoms with Crippen LogP contribution in [0.5, 0.6) is 0 Å². The molecule has 1 N–H and O–H groups in total. The van der Waals surface area contributed by atoms with Gasteiger partial charge in [0, 0.05) is 25.1 Å². The standard InChI is InChI=1S/C22H18F3N7O/c23-22(24,25)13-2-1-6-32-17(13)8-15(30-32)20-19-14(28-11-29-19)5-7-31(20)18-10-26-16(9-27-18)21(33)12-3-4-12/h1-2,6,8-12,20H,3-5,7H2,(H,28,29)/t20-/m0/s1. The molecule has 0 bridgehead atoms. The molecule has 11 heteroatoms. The van der Waals surface area contributed by atoms with Crippen LogP contribution >= 0.6 is 0 Å². The Bertz CT molecular complexity index is 1350. The van der Waals surface area contributed by atoms with E-state index in [1.54, 1.807) is 12.5 Å². The fraction of sp³-hybridized carbons (Fsp3) is 0.318. The topological polar surface area (TPSA) is 92.1 Å². The summed E-state index contributed by atoms with van der Waals surface area (Å²) in [4.78, 5) is 30.5. The number of Topliss-reactive ketones (excluding diaryl/α,β-unsaturated/α-hetero) is 1. The monoisotopic (exact) mass is 453 g/mol. The molecular weight excluding hydrogens is 435 g/mol. The zero-order chi connectivity index (χ0) is 22.7. The lowest BCUT2D eigenvalue weighted by molar-refractivity contribution is -0.136. The van der Waals surface area contributed by atoms with Gasteiger partial charge in [0.25, 0.3) is 0 Å². The van der Waals surface area contributed by atoms with Crippen molar-refractivity contribution in [1.82, 2.24) is 29.5 Å². The Labute approximate surface area is 185 Å². The molecule has 1 atom stereocenters. The lowest BCUT2D eigenvalue weighted by Crippen LogP contribution is -2.37. The van der Waals surface area contributed by atoms with Gasteiger partial charge in [-0.25, -0.2) is 19.5 Å². The minimum atomic E-state index is -4.50. The smallest absolute Gasteiger partial charge is 0.346 e. The molecule has 2 aliphatic rings. The van der Waals surface area contributed by atoms with Crippen LogP contribution in [0.15, 0.2) is 43.1 Å². The number of carbonyl (C=O) groups excluding carboxylic acids is 1. The van der Waals surface area contributed by atoms with Crippen LogP contribution in [0.1, 0.15) is 52.0 Å². The van der Waals surface area contributed by atoms with E-state index in [1.807, 2.05) is 4.90 Å². The van der Waals surface area contributed by atoms with E-state index in [1.165, 1.54) is 29.0 Å². The number of nitrogens with zero attached hydrogens (tertiary/aromatic N) is 6. The van der Waals surface area contributed by atoms with Crippen LogP contribution in [0.4, 0.5) is 19.0 Å². The maximum atomic E-state index is 13.6. The fourth-order valence-electron chi connectivity index (χ4n) is 4.39. The number of fused-ring (bicyclic) bond motifs is 2. The summed E-state index contributed by atoms with van der Waals surface area (Å²) < 4.78 is 41.9. The number of aromatic nitrogens is 6. The van der Waals surface area contributed by atoms with Gasteiger partial charge >= 0.3 is 6.18 Å². The zero-order valence-electron chi connectivity index (χ0n) is 17.3. The normalized spacial score (nSPS) is 18.5. The van der Waals surface area contributed by atoms with Crippen molar-refractivity contribution in [3.8, 4) is 0 Å². The van der Waals surface area contributed by atoms with E-state index >= 15 is 0 Å². The quantitative estimate of drug-likeness (QED) is 0.475. The summed E-state index contributed by atoms with van der Waals surface area (Å²) in [6.45, 7) is 0.521. The maximum Gasteiger partial charge on any atom is 0.418 e. The Balaban J connectivity index is 1.43. The summed E-state index contributed by atoms with van der Waals surface area (Å²) in [7, 11) is 0. The number of ketones is 1. The highest BCUT2D eigenvalue weighted by Gasteiger charge is 2.37. The minimum Gasteiger partial charge on any atom is -0.346 e. The first-order valence-electron chi connectivity index (χ1n) is 10.6. The summed E-state index contributed by atoms with van der Waals surface area (Å²) in [5.74, 6) is 0.557. The third-order valence-corrected chi connectivity index (χ3v) is 6.17. The molecule has 33 heavy (non-hydrogen) atoms. The molecule has 168 valence electrons. The van der Waals surface area contributed by atoms with E-state index in [4.69, 9.17) is 0 Å². The van der Waals surface area contributed by atoms with Gasteiger partial charge in [0.2, 0.25) is 0 Å². The molecule has 1 aliphatic heterocycles. The fourth-order valence-corrected chi connectivity index (χ4v) is 4.39. The van der Waals surface area contributed by atoms with Gasteiger partial charge in [0.05, 0.1) is 46.9 Å². The highest BCUT2D eigenvalue weighted by atomic mass is 19.4. The molecule has 5 heterocycles. The largest absolute Gasteiger partial charge is 0.418 e. The molecule has 1 aliphatic carbocycles. The Morgan fingerprint density at radius 1 is 1.15 bits per heavy atom. The van der Waals surface area contributed by atoms with Gasteiger partial charge in [-0.3, -0.25) is 4.79 Å². The highest BCUT2D eigenvalue weighted by molar-refractivity contribution is 5.97. The molecule has 4 aromatic heterocycles. The summed E-state index contributed by atoms with van der Waals surface area (Å²) in [6, 6.07) is 3.29. The second-order valence-corrected chi connectivity index (χ2v) is 8.33. The molecule has 8 nitrogen and oxygen atoms in total. The van der Waals surface area contributed by atoms with E-state index < -0.39 is 17.8 Å². The van der Waals surface area contributed by atoms with Gasteiger partial charge in [0.1, 0.15) is 17.6 Å². The maximum absolute atomic E-state index is 13.6. The molecular formula is C22H18F3N7O. The molecule has 0 aromatic carbocycles. The predicted octanol–water partition coefficient (Wildman–Crippen LogP) is 3.61. The van der Waals surface area contributed by atoms with E-state index in [0.29, 0.717) is 30.2 Å². The number of carbonyl (C=O) groups is 1. The number of aromatic amines is 1. The average molecular weight is 453 g/mol. The van der Waals surface area contributed by atoms with Crippen LogP contribution in [0.3, 0.4) is 0 Å². The molecule has 0 radical (unpaired) electrons. The molecule has 0 amide bonds. The first kappa shape index (κ1) is 19.9. The van der Waals surface area contributed by atoms with Gasteiger partial charge in [-0.15, -0.1) is 0 Å². The number of nitrogens with one attached hydrogen (secondary N) is 1. The van der Waals surface area contributed by atoms with Crippen LogP contribution in [-0.2, 0) is 12.6 Å². The zero-order valence-corrected chi connectivity index (χ0v) is 17.3. The Morgan fingerprint density at radius 3 is 2.73 bits per heavy atom. The molecule has 1 fully saturated rings. The van der Waals surface area contributed by atoms with Crippen molar-refractivity contribution < 1.29 is 18.0 Å². The molecule has 6 rings (SSSR count). The van der Waals surface area contributed by atoms with Crippen molar-refractivity contribution in [3.05, 3.63) is 71.5 Å². The SMILES string of the molecule is O=C(c1cnc(N2CCc3nc[nH]c3[C@@H]2c2cc3c(C(F)(F)F)cccn3n2)cn1)C1CC1. The Hall–Kier alpha value is -3.76. The second kappa shape index (κ2) is 7.12. The third kappa shape index (κ3) is 3.35. The van der Waals surface area contributed by atoms with Gasteiger partial charge in [-0.2, -0.15) is 18.3 Å². The van der Waals surface area contributed by atoms with Crippen molar-refractivity contribution >= 4 is 17.1 Å². The number of H-pyrrole nitrogens is 1. The number of alkyl halides is 3. The number of imidazole rings is 1. The summed E-state index contributed by atoms with van der Waals surface area (Å²) >= 11 is 0. The van der Waals surface area contributed by atoms with Gasteiger partial charge in [-0.1, -0.05) is 0 Å². The second-order valence-electron chi connectivity index (χ2n) is 8.33. The van der Waals surface area contributed by atoms with Gasteiger partial charge in [0.15, 0.2) is 5.78 Å². The van der Waals surface area contributed by atoms with Crippen LogP contribution in [0, 0.1) is 5.92 Å². The summed E-state index contributed by atoms with van der Waals surface area (Å²) in [5.41, 5.74) is 1.56. The van der Waals surface area contributed by atoms with Crippen LogP contribution in [-0.4, -0.2) is 41.9 Å². The first-order valence-corrected chi connectivity index (χ1v) is 10.6. The molecule has 0 unspecified atom stereocenters. The number of hydrogen-bond donors (Lipinski definition) is 1. The van der Waals surface area contributed by atoms with Crippen molar-refractivity contribution in [2.45, 2.75) is 31.5 Å². The molecule has 0 saturated heterocycles. The van der Waals surface area contributed by atoms with Crippen molar-refractivity contribution in [3.63, 3.8) is 0 Å². The van der Waals surface area contributed by atoms with E-state index in [0.717, 1.165) is 30.3 Å². The van der Waals surface area contributed by atoms with E-state index in [-0.39, 0.29) is 17.2 Å². The van der Waals surface area contributed by atoms with Crippen molar-refractivity contribution in [2.24, 2.45) is 5.92 Å². The predicted molar refractivity (Wildman–Crippen MR) is 111 cm³/mol. The summed E-state index contributed by atoms with van der Waals surface area (Å²) in [5, 5.41) is 4.47. The number of rotatable bonds is 4. The average Bonchev–Trinajstić information content (AvgIpc) is 3.38. The van der Waals surface area contributed by atoms with Crippen molar-refractivity contribution in [2.75, 3.05) is 11.4 Å². The number of hydrogen-bond acceptors (Lipinski definition) is 6. The van der Waals surface area contributed by atoms with Crippen LogP contribution < -0.4 is 4.90 Å². The van der Waals surface area contributed by atoms with Crippen LogP contribution in [0.2, 0.25) is 0 Å². The first-order chi connectivity index (χ1) is 15.9. The molecule has 1 saturated carbocycles. The Morgan fingerprint density at radius 2 is 2.00 bits per heavy atom. The molecule has 0 spiro atoms. The lowest BCUT2D eigenvalue weighted by atomic mass is 9.99. The number of anilines is 1. The third-order valence-electron chi connectivity index (χ3n) is 6.17. The minimum absolute atomic E-state index is 0.000120. The van der Waals surface area contributed by atoms with E-state index in [9.17, 15) is 18.0 Å².